The molecule has 4 heteroatoms. The molecule has 0 atom stereocenters. The molecular formula is C10H7Cl2NO. The molecule has 0 unspecified atom stereocenters. The molecule has 0 aliphatic rings. The number of hydrogen-bond acceptors (Lipinski definition) is 2. The van der Waals surface area contributed by atoms with E-state index < -0.39 is 4.70 Å². The number of benzene rings is 1. The average Bonchev–Trinajstić information content (AvgIpc) is 2.17. The Labute approximate surface area is 91.5 Å². The largest absolute Gasteiger partial charge is 0.313 e. The number of rotatable bonds is 0. The fourth-order valence-corrected chi connectivity index (χ4v) is 1.02. The average molecular weight is 228 g/mol. The van der Waals surface area contributed by atoms with Crippen LogP contribution in [0.25, 0.3) is 10.9 Å². The van der Waals surface area contributed by atoms with Crippen molar-refractivity contribution in [3.63, 3.8) is 0 Å². The number of halogens is 2. The lowest BCUT2D eigenvalue weighted by atomic mass is 10.2. The van der Waals surface area contributed by atoms with Crippen molar-refractivity contribution in [2.24, 2.45) is 0 Å². The third-order valence-electron chi connectivity index (χ3n) is 1.51. The van der Waals surface area contributed by atoms with Crippen LogP contribution in [-0.2, 0) is 0 Å². The van der Waals surface area contributed by atoms with Gasteiger partial charge in [-0.2, -0.15) is 0 Å². The summed E-state index contributed by atoms with van der Waals surface area (Å²) in [6.07, 6.45) is 1.81. The number of pyridine rings is 1. The van der Waals surface area contributed by atoms with E-state index in [1.165, 1.54) is 5.39 Å². The van der Waals surface area contributed by atoms with Crippen molar-refractivity contribution in [1.29, 1.82) is 0 Å². The van der Waals surface area contributed by atoms with Crippen LogP contribution in [0, 0.1) is 0 Å². The Hall–Kier alpha value is -1.12. The van der Waals surface area contributed by atoms with Gasteiger partial charge in [0.25, 0.3) is 0 Å². The van der Waals surface area contributed by atoms with Crippen LogP contribution >= 0.6 is 23.2 Å². The van der Waals surface area contributed by atoms with Crippen LogP contribution in [0.2, 0.25) is 0 Å². The predicted molar refractivity (Wildman–Crippen MR) is 58.8 cm³/mol. The summed E-state index contributed by atoms with van der Waals surface area (Å²) in [5, 5.41) is 1.20. The highest BCUT2D eigenvalue weighted by molar-refractivity contribution is 6.93. The Morgan fingerprint density at radius 3 is 2.29 bits per heavy atom. The maximum atomic E-state index is 8.98. The molecule has 1 aromatic heterocycles. The van der Waals surface area contributed by atoms with Crippen molar-refractivity contribution in [1.82, 2.24) is 4.98 Å². The van der Waals surface area contributed by atoms with Crippen molar-refractivity contribution in [3.8, 4) is 0 Å². The molecule has 0 spiro atoms. The van der Waals surface area contributed by atoms with Crippen LogP contribution in [0.5, 0.6) is 0 Å². The summed E-state index contributed by atoms with van der Waals surface area (Å²) in [4.78, 5) is 13.2. The molecule has 2 rings (SSSR count). The minimum absolute atomic E-state index is 0.889. The quantitative estimate of drug-likeness (QED) is 0.641. The maximum Gasteiger partial charge on any atom is 0.313 e. The highest BCUT2D eigenvalue weighted by Crippen LogP contribution is 2.07. The lowest BCUT2D eigenvalue weighted by molar-refractivity contribution is 0.275. The van der Waals surface area contributed by atoms with Crippen LogP contribution in [0.1, 0.15) is 0 Å². The minimum atomic E-state index is -0.889. The lowest BCUT2D eigenvalue weighted by Crippen LogP contribution is -1.73. The van der Waals surface area contributed by atoms with Crippen LogP contribution in [-0.4, -0.2) is 9.69 Å². The SMILES string of the molecule is O=C(Cl)Cl.c1ccc2ncccc2c1. The third-order valence-corrected chi connectivity index (χ3v) is 1.51. The van der Waals surface area contributed by atoms with Gasteiger partial charge in [-0.1, -0.05) is 24.3 Å². The Morgan fingerprint density at radius 1 is 1.07 bits per heavy atom. The number of para-hydroxylation sites is 1. The molecule has 0 saturated heterocycles. The van der Waals surface area contributed by atoms with Gasteiger partial charge in [-0.15, -0.1) is 0 Å². The zero-order chi connectivity index (χ0) is 10.4. The van der Waals surface area contributed by atoms with Gasteiger partial charge in [0.15, 0.2) is 0 Å². The zero-order valence-electron chi connectivity index (χ0n) is 7.15. The first-order chi connectivity index (χ1) is 6.70. The first-order valence-electron chi connectivity index (χ1n) is 3.85. The summed E-state index contributed by atoms with van der Waals surface area (Å²) in [5.74, 6) is 0. The van der Waals surface area contributed by atoms with E-state index in [1.54, 1.807) is 0 Å². The molecule has 2 aromatic rings. The molecule has 0 bridgehead atoms. The van der Waals surface area contributed by atoms with Crippen LogP contribution in [0.4, 0.5) is 4.79 Å². The number of carbonyl (C=O) groups is 1. The first-order valence-corrected chi connectivity index (χ1v) is 4.60. The van der Waals surface area contributed by atoms with Crippen molar-refractivity contribution < 1.29 is 4.79 Å². The predicted octanol–water partition coefficient (Wildman–Crippen LogP) is 3.82. The van der Waals surface area contributed by atoms with E-state index in [9.17, 15) is 0 Å². The molecule has 1 heterocycles. The number of nitrogens with zero attached hydrogens (tertiary/aromatic N) is 1. The van der Waals surface area contributed by atoms with E-state index in [2.05, 4.69) is 40.3 Å². The van der Waals surface area contributed by atoms with Crippen molar-refractivity contribution in [2.45, 2.75) is 0 Å². The van der Waals surface area contributed by atoms with E-state index in [4.69, 9.17) is 4.79 Å². The smallest absolute Gasteiger partial charge is 0.262 e. The lowest BCUT2D eigenvalue weighted by Gasteiger charge is -1.91. The monoisotopic (exact) mass is 227 g/mol. The number of aromatic nitrogens is 1. The maximum absolute atomic E-state index is 8.98. The van der Waals surface area contributed by atoms with Gasteiger partial charge < -0.3 is 0 Å². The zero-order valence-corrected chi connectivity index (χ0v) is 8.66. The van der Waals surface area contributed by atoms with Gasteiger partial charge in [-0.25, -0.2) is 0 Å². The molecule has 0 radical (unpaired) electrons. The molecule has 72 valence electrons. The van der Waals surface area contributed by atoms with E-state index in [1.807, 2.05) is 30.5 Å². The molecule has 0 N–H and O–H groups in total. The van der Waals surface area contributed by atoms with Gasteiger partial charge in [0.2, 0.25) is 0 Å². The molecular weight excluding hydrogens is 221 g/mol. The van der Waals surface area contributed by atoms with Gasteiger partial charge in [-0.3, -0.25) is 9.78 Å². The summed E-state index contributed by atoms with van der Waals surface area (Å²) in [5.41, 5.74) is 1.06. The Balaban J connectivity index is 0.000000213. The standard InChI is InChI=1S/C9H7N.CCl2O/c1-2-6-9-8(4-1)5-3-7-10-9;2-1(3)4/h1-7H;. The van der Waals surface area contributed by atoms with Gasteiger partial charge >= 0.3 is 4.70 Å². The first kappa shape index (κ1) is 11.0. The van der Waals surface area contributed by atoms with Gasteiger partial charge in [0.05, 0.1) is 5.52 Å². The summed E-state index contributed by atoms with van der Waals surface area (Å²) in [7, 11) is 0. The molecule has 0 saturated carbocycles. The fraction of sp³-hybridized carbons (Fsp3) is 0. The molecule has 1 aromatic carbocycles. The van der Waals surface area contributed by atoms with Gasteiger partial charge in [-0.05, 0) is 35.3 Å². The molecule has 0 aliphatic carbocycles. The van der Waals surface area contributed by atoms with Crippen molar-refractivity contribution in [3.05, 3.63) is 42.6 Å². The highest BCUT2D eigenvalue weighted by Gasteiger charge is 1.86. The van der Waals surface area contributed by atoms with Crippen molar-refractivity contribution in [2.75, 3.05) is 0 Å². The molecule has 14 heavy (non-hydrogen) atoms. The van der Waals surface area contributed by atoms with Crippen LogP contribution < -0.4 is 0 Å². The van der Waals surface area contributed by atoms with E-state index in [0.29, 0.717) is 0 Å². The molecule has 0 aliphatic heterocycles. The number of fused-ring (bicyclic) bond motifs is 1. The normalized spacial score (nSPS) is 9.00. The second kappa shape index (κ2) is 5.58. The Kier molecular flexibility index (Phi) is 4.36. The summed E-state index contributed by atoms with van der Waals surface area (Å²) in [6.45, 7) is 0. The second-order valence-electron chi connectivity index (χ2n) is 2.42. The third kappa shape index (κ3) is 3.73. The Bertz CT molecular complexity index is 362. The molecule has 2 nitrogen and oxygen atoms in total. The summed E-state index contributed by atoms with van der Waals surface area (Å²) in [6, 6.07) is 12.1. The topological polar surface area (TPSA) is 30.0 Å². The van der Waals surface area contributed by atoms with Gasteiger partial charge in [0, 0.05) is 11.6 Å². The van der Waals surface area contributed by atoms with E-state index in [-0.39, 0.29) is 0 Å². The van der Waals surface area contributed by atoms with Crippen molar-refractivity contribution >= 4 is 38.8 Å². The number of carbonyl (C=O) groups excluding carboxylic acids is 1. The molecule has 0 fully saturated rings. The van der Waals surface area contributed by atoms with E-state index >= 15 is 0 Å². The minimum Gasteiger partial charge on any atom is -0.262 e. The molecule has 0 amide bonds. The van der Waals surface area contributed by atoms with Gasteiger partial charge in [0.1, 0.15) is 0 Å². The number of hydrogen-bond donors (Lipinski definition) is 0. The Morgan fingerprint density at radius 2 is 1.64 bits per heavy atom. The highest BCUT2D eigenvalue weighted by atomic mass is 35.5. The summed E-state index contributed by atoms with van der Waals surface area (Å²) < 4.78 is -0.889. The fourth-order valence-electron chi connectivity index (χ4n) is 1.02. The second-order valence-corrected chi connectivity index (χ2v) is 3.30. The van der Waals surface area contributed by atoms with Crippen LogP contribution in [0.15, 0.2) is 42.6 Å². The summed E-state index contributed by atoms with van der Waals surface area (Å²) >= 11 is 8.80. The van der Waals surface area contributed by atoms with Crippen LogP contribution in [0.3, 0.4) is 0 Å². The van der Waals surface area contributed by atoms with E-state index in [0.717, 1.165) is 5.52 Å².